The van der Waals surface area contributed by atoms with Crippen LogP contribution in [-0.4, -0.2) is 17.6 Å². The van der Waals surface area contributed by atoms with E-state index in [0.717, 1.165) is 15.8 Å². The lowest BCUT2D eigenvalue weighted by Gasteiger charge is -2.10. The van der Waals surface area contributed by atoms with Crippen molar-refractivity contribution in [2.45, 2.75) is 26.2 Å². The summed E-state index contributed by atoms with van der Waals surface area (Å²) >= 11 is 1.31. The first-order chi connectivity index (χ1) is 12.6. The normalized spacial score (nSPS) is 13.7. The molecule has 1 aliphatic carbocycles. The van der Waals surface area contributed by atoms with Crippen molar-refractivity contribution in [3.8, 4) is 11.6 Å². The number of ether oxygens (including phenoxy) is 2. The number of esters is 1. The Morgan fingerprint density at radius 3 is 2.92 bits per heavy atom. The van der Waals surface area contributed by atoms with Crippen LogP contribution in [0.15, 0.2) is 36.4 Å². The molecular formula is C20H20N2O3S. The summed E-state index contributed by atoms with van der Waals surface area (Å²) in [4.78, 5) is 18.3. The van der Waals surface area contributed by atoms with Gasteiger partial charge in [-0.2, -0.15) is 0 Å². The maximum absolute atomic E-state index is 12.6. The number of anilines is 1. The largest absolute Gasteiger partial charge is 0.477 e. The Morgan fingerprint density at radius 2 is 2.15 bits per heavy atom. The minimum atomic E-state index is -0.395. The maximum atomic E-state index is 12.6. The molecule has 1 saturated carbocycles. The Morgan fingerprint density at radius 1 is 1.31 bits per heavy atom. The molecule has 3 aromatic rings. The van der Waals surface area contributed by atoms with Crippen LogP contribution in [0.3, 0.4) is 0 Å². The molecular weight excluding hydrogens is 348 g/mol. The first-order valence-electron chi connectivity index (χ1n) is 8.77. The predicted octanol–water partition coefficient (Wildman–Crippen LogP) is 4.45. The summed E-state index contributed by atoms with van der Waals surface area (Å²) in [5.41, 5.74) is 7.44. The van der Waals surface area contributed by atoms with Crippen LogP contribution in [0.4, 0.5) is 5.69 Å². The zero-order valence-electron chi connectivity index (χ0n) is 14.5. The van der Waals surface area contributed by atoms with Gasteiger partial charge in [0.15, 0.2) is 0 Å². The van der Waals surface area contributed by atoms with Crippen molar-refractivity contribution < 1.29 is 14.3 Å². The first kappa shape index (κ1) is 16.8. The molecule has 134 valence electrons. The molecule has 4 rings (SSSR count). The topological polar surface area (TPSA) is 74.4 Å². The van der Waals surface area contributed by atoms with E-state index in [0.29, 0.717) is 41.1 Å². The van der Waals surface area contributed by atoms with Crippen molar-refractivity contribution in [1.82, 2.24) is 4.98 Å². The molecule has 0 bridgehead atoms. The van der Waals surface area contributed by atoms with Crippen LogP contribution in [0.25, 0.3) is 10.2 Å². The van der Waals surface area contributed by atoms with Gasteiger partial charge < -0.3 is 15.2 Å². The van der Waals surface area contributed by atoms with Crippen LogP contribution >= 0.6 is 11.3 Å². The summed E-state index contributed by atoms with van der Waals surface area (Å²) in [6.07, 6.45) is 3.17. The second-order valence-electron chi connectivity index (χ2n) is 6.48. The summed E-state index contributed by atoms with van der Waals surface area (Å²) in [6, 6.07) is 10.9. The third-order valence-electron chi connectivity index (χ3n) is 4.45. The molecule has 1 fully saturated rings. The minimum absolute atomic E-state index is 0.395. The zero-order valence-corrected chi connectivity index (χ0v) is 15.3. The van der Waals surface area contributed by atoms with Gasteiger partial charge in [-0.15, -0.1) is 11.3 Å². The average molecular weight is 368 g/mol. The van der Waals surface area contributed by atoms with Crippen molar-refractivity contribution in [3.63, 3.8) is 0 Å². The van der Waals surface area contributed by atoms with Crippen molar-refractivity contribution in [3.05, 3.63) is 46.8 Å². The van der Waals surface area contributed by atoms with Gasteiger partial charge in [0.05, 0.1) is 6.61 Å². The third-order valence-corrected chi connectivity index (χ3v) is 5.47. The molecule has 0 saturated heterocycles. The monoisotopic (exact) mass is 368 g/mol. The van der Waals surface area contributed by atoms with Crippen LogP contribution in [0, 0.1) is 5.92 Å². The smallest absolute Gasteiger partial charge is 0.353 e. The van der Waals surface area contributed by atoms with Gasteiger partial charge in [0.1, 0.15) is 15.5 Å². The van der Waals surface area contributed by atoms with Gasteiger partial charge >= 0.3 is 5.97 Å². The Bertz CT molecular complexity index is 963. The summed E-state index contributed by atoms with van der Waals surface area (Å²) in [7, 11) is 0. The highest BCUT2D eigenvalue weighted by atomic mass is 32.1. The summed E-state index contributed by atoms with van der Waals surface area (Å²) in [5, 5.41) is 0.906. The van der Waals surface area contributed by atoms with Crippen molar-refractivity contribution in [1.29, 1.82) is 0 Å². The first-order valence-corrected chi connectivity index (χ1v) is 9.58. The van der Waals surface area contributed by atoms with Gasteiger partial charge in [0, 0.05) is 22.7 Å². The highest BCUT2D eigenvalue weighted by molar-refractivity contribution is 7.20. The second-order valence-corrected chi connectivity index (χ2v) is 7.51. The van der Waals surface area contributed by atoms with E-state index in [4.69, 9.17) is 15.2 Å². The molecule has 2 heterocycles. The molecule has 2 aromatic heterocycles. The molecule has 0 amide bonds. The summed E-state index contributed by atoms with van der Waals surface area (Å²) in [6.45, 7) is 2.70. The lowest BCUT2D eigenvalue weighted by atomic mass is 10.1. The molecule has 26 heavy (non-hydrogen) atoms. The standard InChI is InChI=1S/C20H20N2O3S/c1-2-14-15(21)4-3-5-16(14)25-20(23)17-10-13-8-9-18(22-19(13)26-17)24-11-12-6-7-12/h3-5,8-10,12H,2,6-7,11,21H2,1H3. The van der Waals surface area contributed by atoms with Gasteiger partial charge in [0.25, 0.3) is 0 Å². The number of carbonyl (C=O) groups excluding carboxylic acids is 1. The fourth-order valence-electron chi connectivity index (χ4n) is 2.78. The molecule has 2 N–H and O–H groups in total. The van der Waals surface area contributed by atoms with E-state index in [1.807, 2.05) is 25.1 Å². The number of hydrogen-bond acceptors (Lipinski definition) is 6. The highest BCUT2D eigenvalue weighted by Crippen LogP contribution is 2.31. The number of thiophene rings is 1. The molecule has 0 radical (unpaired) electrons. The number of pyridine rings is 1. The van der Waals surface area contributed by atoms with Gasteiger partial charge in [-0.3, -0.25) is 0 Å². The quantitative estimate of drug-likeness (QED) is 0.395. The van der Waals surface area contributed by atoms with Gasteiger partial charge in [0.2, 0.25) is 5.88 Å². The molecule has 5 nitrogen and oxygen atoms in total. The number of nitrogen functional groups attached to an aromatic ring is 1. The van der Waals surface area contributed by atoms with E-state index >= 15 is 0 Å². The number of hydrogen-bond donors (Lipinski definition) is 1. The van der Waals surface area contributed by atoms with Crippen LogP contribution < -0.4 is 15.2 Å². The number of fused-ring (bicyclic) bond motifs is 1. The predicted molar refractivity (Wildman–Crippen MR) is 103 cm³/mol. The Labute approximate surface area is 155 Å². The molecule has 0 unspecified atom stereocenters. The van der Waals surface area contributed by atoms with Crippen LogP contribution in [0.2, 0.25) is 0 Å². The van der Waals surface area contributed by atoms with E-state index in [2.05, 4.69) is 4.98 Å². The van der Waals surface area contributed by atoms with E-state index < -0.39 is 5.97 Å². The fourth-order valence-corrected chi connectivity index (χ4v) is 3.68. The van der Waals surface area contributed by atoms with Crippen molar-refractivity contribution in [2.75, 3.05) is 12.3 Å². The Hall–Kier alpha value is -2.60. The van der Waals surface area contributed by atoms with Crippen LogP contribution in [0.5, 0.6) is 11.6 Å². The van der Waals surface area contributed by atoms with E-state index in [-0.39, 0.29) is 0 Å². The lowest BCUT2D eigenvalue weighted by Crippen LogP contribution is -2.08. The molecule has 0 atom stereocenters. The molecule has 1 aromatic carbocycles. The zero-order chi connectivity index (χ0) is 18.1. The van der Waals surface area contributed by atoms with Crippen molar-refractivity contribution >= 4 is 33.2 Å². The molecule has 1 aliphatic rings. The number of aromatic nitrogens is 1. The number of nitrogens with two attached hydrogens (primary N) is 1. The maximum Gasteiger partial charge on any atom is 0.353 e. The van der Waals surface area contributed by atoms with E-state index in [1.165, 1.54) is 24.2 Å². The van der Waals surface area contributed by atoms with E-state index in [1.54, 1.807) is 18.2 Å². The molecule has 0 spiro atoms. The fraction of sp³-hybridized carbons (Fsp3) is 0.300. The summed E-state index contributed by atoms with van der Waals surface area (Å²) < 4.78 is 11.3. The third kappa shape index (κ3) is 3.51. The highest BCUT2D eigenvalue weighted by Gasteiger charge is 2.22. The molecule has 0 aliphatic heterocycles. The number of nitrogens with zero attached hydrogens (tertiary/aromatic N) is 1. The minimum Gasteiger partial charge on any atom is -0.477 e. The number of rotatable bonds is 6. The average Bonchev–Trinajstić information content (AvgIpc) is 3.36. The Balaban J connectivity index is 1.54. The number of benzene rings is 1. The van der Waals surface area contributed by atoms with Crippen LogP contribution in [0.1, 0.15) is 35.0 Å². The van der Waals surface area contributed by atoms with E-state index in [9.17, 15) is 4.79 Å². The summed E-state index contributed by atoms with van der Waals surface area (Å²) in [5.74, 6) is 1.40. The SMILES string of the molecule is CCc1c(N)cccc1OC(=O)c1cc2ccc(OCC3CC3)nc2s1. The van der Waals surface area contributed by atoms with Crippen molar-refractivity contribution in [2.24, 2.45) is 5.92 Å². The number of carbonyl (C=O) groups is 1. The second kappa shape index (κ2) is 6.96. The van der Waals surface area contributed by atoms with Gasteiger partial charge in [-0.1, -0.05) is 13.0 Å². The van der Waals surface area contributed by atoms with Gasteiger partial charge in [-0.05, 0) is 49.4 Å². The van der Waals surface area contributed by atoms with Gasteiger partial charge in [-0.25, -0.2) is 9.78 Å². The Kier molecular flexibility index (Phi) is 4.51. The van der Waals surface area contributed by atoms with Crippen LogP contribution in [-0.2, 0) is 6.42 Å². The lowest BCUT2D eigenvalue weighted by molar-refractivity contribution is 0.0738. The molecule has 6 heteroatoms.